The number of aldehydes is 1. The van der Waals surface area contributed by atoms with Crippen LogP contribution in [0.4, 0.5) is 5.95 Å². The molecule has 2 heterocycles. The van der Waals surface area contributed by atoms with Crippen molar-refractivity contribution in [1.29, 1.82) is 0 Å². The van der Waals surface area contributed by atoms with E-state index in [2.05, 4.69) is 33.7 Å². The third-order valence-electron chi connectivity index (χ3n) is 3.10. The fourth-order valence-corrected chi connectivity index (χ4v) is 2.21. The summed E-state index contributed by atoms with van der Waals surface area (Å²) in [5.41, 5.74) is 0.522. The molecule has 1 aromatic rings. The van der Waals surface area contributed by atoms with Gasteiger partial charge >= 0.3 is 0 Å². The van der Waals surface area contributed by atoms with Crippen LogP contribution in [0, 0.1) is 0 Å². The van der Waals surface area contributed by atoms with Gasteiger partial charge in [-0.15, -0.1) is 0 Å². The lowest BCUT2D eigenvalue weighted by Gasteiger charge is -2.27. The third kappa shape index (κ3) is 2.79. The van der Waals surface area contributed by atoms with E-state index in [4.69, 9.17) is 0 Å². The molecule has 1 aliphatic heterocycles. The fraction of sp³-hybridized carbons (Fsp3) is 0.583. The summed E-state index contributed by atoms with van der Waals surface area (Å²) in [4.78, 5) is 23.6. The summed E-state index contributed by atoms with van der Waals surface area (Å²) in [7, 11) is 2.14. The third-order valence-corrected chi connectivity index (χ3v) is 3.10. The number of aromatic nitrogens is 2. The Morgan fingerprint density at radius 3 is 2.71 bits per heavy atom. The SMILES string of the molecule is CC1CN(C)CCCN1c1ncc(C=O)cn1. The van der Waals surface area contributed by atoms with Crippen LogP contribution in [-0.2, 0) is 0 Å². The first-order valence-electron chi connectivity index (χ1n) is 5.93. The van der Waals surface area contributed by atoms with E-state index in [1.54, 1.807) is 12.4 Å². The molecular formula is C12H18N4O. The van der Waals surface area contributed by atoms with Crippen LogP contribution in [0.2, 0.25) is 0 Å². The second-order valence-electron chi connectivity index (χ2n) is 4.59. The second-order valence-corrected chi connectivity index (χ2v) is 4.59. The molecule has 1 saturated heterocycles. The zero-order valence-electron chi connectivity index (χ0n) is 10.3. The van der Waals surface area contributed by atoms with Gasteiger partial charge in [-0.3, -0.25) is 4.79 Å². The molecular weight excluding hydrogens is 216 g/mol. The smallest absolute Gasteiger partial charge is 0.225 e. The molecule has 5 nitrogen and oxygen atoms in total. The molecule has 1 atom stereocenters. The Morgan fingerprint density at radius 1 is 1.35 bits per heavy atom. The summed E-state index contributed by atoms with van der Waals surface area (Å²) in [6.45, 7) is 5.26. The van der Waals surface area contributed by atoms with Crippen molar-refractivity contribution in [3.8, 4) is 0 Å². The molecule has 92 valence electrons. The molecule has 17 heavy (non-hydrogen) atoms. The molecule has 1 aromatic heterocycles. The number of carbonyl (C=O) groups excluding carboxylic acids is 1. The van der Waals surface area contributed by atoms with Gasteiger partial charge < -0.3 is 9.80 Å². The Balaban J connectivity index is 2.16. The highest BCUT2D eigenvalue weighted by Crippen LogP contribution is 2.15. The molecule has 0 aliphatic carbocycles. The molecule has 0 amide bonds. The van der Waals surface area contributed by atoms with Crippen molar-refractivity contribution >= 4 is 12.2 Å². The molecule has 5 heteroatoms. The van der Waals surface area contributed by atoms with Gasteiger partial charge in [-0.25, -0.2) is 9.97 Å². The maximum Gasteiger partial charge on any atom is 0.225 e. The van der Waals surface area contributed by atoms with E-state index in [0.717, 1.165) is 38.3 Å². The van der Waals surface area contributed by atoms with Crippen LogP contribution >= 0.6 is 0 Å². The van der Waals surface area contributed by atoms with Crippen LogP contribution < -0.4 is 4.90 Å². The fourth-order valence-electron chi connectivity index (χ4n) is 2.21. The van der Waals surface area contributed by atoms with E-state index in [-0.39, 0.29) is 0 Å². The highest BCUT2D eigenvalue weighted by atomic mass is 16.1. The van der Waals surface area contributed by atoms with Crippen molar-refractivity contribution in [3.63, 3.8) is 0 Å². The maximum atomic E-state index is 10.6. The van der Waals surface area contributed by atoms with Crippen molar-refractivity contribution in [2.75, 3.05) is 31.6 Å². The molecule has 0 N–H and O–H groups in total. The Kier molecular flexibility index (Phi) is 3.68. The first-order valence-corrected chi connectivity index (χ1v) is 5.93. The van der Waals surface area contributed by atoms with Crippen LogP contribution in [0.5, 0.6) is 0 Å². The number of hydrogen-bond donors (Lipinski definition) is 0. The average molecular weight is 234 g/mol. The lowest BCUT2D eigenvalue weighted by atomic mass is 10.3. The summed E-state index contributed by atoms with van der Waals surface area (Å²) >= 11 is 0. The van der Waals surface area contributed by atoms with Crippen molar-refractivity contribution in [2.24, 2.45) is 0 Å². The highest BCUT2D eigenvalue weighted by molar-refractivity contribution is 5.73. The number of anilines is 1. The lowest BCUT2D eigenvalue weighted by molar-refractivity contribution is 0.112. The number of rotatable bonds is 2. The van der Waals surface area contributed by atoms with Gasteiger partial charge in [0.2, 0.25) is 5.95 Å². The molecule has 1 aliphatic rings. The normalized spacial score (nSPS) is 22.2. The molecule has 0 spiro atoms. The van der Waals surface area contributed by atoms with Gasteiger partial charge in [0, 0.05) is 31.5 Å². The standard InChI is InChI=1S/C12H18N4O/c1-10-8-15(2)4-3-5-16(10)12-13-6-11(9-17)7-14-12/h6-7,9-10H,3-5,8H2,1-2H3. The van der Waals surface area contributed by atoms with E-state index < -0.39 is 0 Å². The Labute approximate surface area is 101 Å². The van der Waals surface area contributed by atoms with Gasteiger partial charge in [-0.2, -0.15) is 0 Å². The van der Waals surface area contributed by atoms with Crippen LogP contribution in [0.3, 0.4) is 0 Å². The van der Waals surface area contributed by atoms with Crippen LogP contribution in [0.1, 0.15) is 23.7 Å². The van der Waals surface area contributed by atoms with Crippen molar-refractivity contribution in [1.82, 2.24) is 14.9 Å². The van der Waals surface area contributed by atoms with Gasteiger partial charge in [0.15, 0.2) is 6.29 Å². The van der Waals surface area contributed by atoms with Crippen LogP contribution in [-0.4, -0.2) is 53.9 Å². The van der Waals surface area contributed by atoms with E-state index in [0.29, 0.717) is 11.6 Å². The van der Waals surface area contributed by atoms with Gasteiger partial charge in [-0.05, 0) is 26.9 Å². The number of hydrogen-bond acceptors (Lipinski definition) is 5. The predicted octanol–water partition coefficient (Wildman–Crippen LogP) is 0.819. The summed E-state index contributed by atoms with van der Waals surface area (Å²) in [5, 5.41) is 0. The van der Waals surface area contributed by atoms with Gasteiger partial charge in [0.25, 0.3) is 0 Å². The van der Waals surface area contributed by atoms with E-state index in [1.807, 2.05) is 0 Å². The number of nitrogens with zero attached hydrogens (tertiary/aromatic N) is 4. The first-order chi connectivity index (χ1) is 8.20. The molecule has 0 aromatic carbocycles. The number of likely N-dealkylation sites (N-methyl/N-ethyl adjacent to an activating group) is 1. The van der Waals surface area contributed by atoms with E-state index in [9.17, 15) is 4.79 Å². The highest BCUT2D eigenvalue weighted by Gasteiger charge is 2.21. The molecule has 0 saturated carbocycles. The Hall–Kier alpha value is -1.49. The minimum absolute atomic E-state index is 0.393. The molecule has 0 bridgehead atoms. The second kappa shape index (κ2) is 5.23. The van der Waals surface area contributed by atoms with Crippen LogP contribution in [0.15, 0.2) is 12.4 Å². The van der Waals surface area contributed by atoms with Crippen molar-refractivity contribution in [3.05, 3.63) is 18.0 Å². The maximum absolute atomic E-state index is 10.6. The largest absolute Gasteiger partial charge is 0.337 e. The van der Waals surface area contributed by atoms with Gasteiger partial charge in [-0.1, -0.05) is 0 Å². The van der Waals surface area contributed by atoms with Gasteiger partial charge in [0.05, 0.1) is 5.56 Å². The first kappa shape index (κ1) is 12.0. The summed E-state index contributed by atoms with van der Waals surface area (Å²) in [6, 6.07) is 0.393. The summed E-state index contributed by atoms with van der Waals surface area (Å²) in [6.07, 6.45) is 5.04. The minimum Gasteiger partial charge on any atom is -0.337 e. The molecule has 1 fully saturated rings. The zero-order valence-corrected chi connectivity index (χ0v) is 10.3. The lowest BCUT2D eigenvalue weighted by Crippen LogP contribution is -2.38. The summed E-state index contributed by atoms with van der Waals surface area (Å²) in [5.74, 6) is 0.721. The Bertz CT molecular complexity index is 379. The van der Waals surface area contributed by atoms with Crippen molar-refractivity contribution in [2.45, 2.75) is 19.4 Å². The molecule has 2 rings (SSSR count). The monoisotopic (exact) mass is 234 g/mol. The summed E-state index contributed by atoms with van der Waals surface area (Å²) < 4.78 is 0. The predicted molar refractivity (Wildman–Crippen MR) is 66.3 cm³/mol. The average Bonchev–Trinajstić information content (AvgIpc) is 2.50. The van der Waals surface area contributed by atoms with E-state index in [1.165, 1.54) is 0 Å². The number of carbonyl (C=O) groups is 1. The topological polar surface area (TPSA) is 49.3 Å². The molecule has 1 unspecified atom stereocenters. The van der Waals surface area contributed by atoms with E-state index >= 15 is 0 Å². The quantitative estimate of drug-likeness (QED) is 0.709. The minimum atomic E-state index is 0.393. The molecule has 0 radical (unpaired) electrons. The van der Waals surface area contributed by atoms with Crippen LogP contribution in [0.25, 0.3) is 0 Å². The van der Waals surface area contributed by atoms with Gasteiger partial charge in [0.1, 0.15) is 0 Å². The zero-order chi connectivity index (χ0) is 12.3. The Morgan fingerprint density at radius 2 is 2.06 bits per heavy atom. The van der Waals surface area contributed by atoms with Crippen molar-refractivity contribution < 1.29 is 4.79 Å².